The van der Waals surface area contributed by atoms with Crippen molar-refractivity contribution in [2.24, 2.45) is 0 Å². The molecule has 0 bridgehead atoms. The molecular formula is C15H17N3O5. The second-order valence-electron chi connectivity index (χ2n) is 5.38. The maximum Gasteiger partial charge on any atom is 0.338 e. The Hall–Kier alpha value is -2.90. The number of nitrogens with one attached hydrogen (secondary N) is 2. The van der Waals surface area contributed by atoms with Gasteiger partial charge in [-0.15, -0.1) is 0 Å². The number of ether oxygens (including phenoxy) is 1. The summed E-state index contributed by atoms with van der Waals surface area (Å²) < 4.78 is 5.20. The highest BCUT2D eigenvalue weighted by atomic mass is 16.6. The van der Waals surface area contributed by atoms with Gasteiger partial charge in [0.1, 0.15) is 0 Å². The maximum atomic E-state index is 12.3. The lowest BCUT2D eigenvalue weighted by atomic mass is 9.95. The van der Waals surface area contributed by atoms with Crippen molar-refractivity contribution in [2.45, 2.75) is 32.9 Å². The lowest BCUT2D eigenvalue weighted by Gasteiger charge is -2.28. The molecule has 0 saturated heterocycles. The number of carbonyl (C=O) groups is 2. The second-order valence-corrected chi connectivity index (χ2v) is 5.38. The van der Waals surface area contributed by atoms with Crippen molar-refractivity contribution in [1.29, 1.82) is 0 Å². The number of nitro groups is 1. The number of carbonyl (C=O) groups excluding carboxylic acids is 2. The summed E-state index contributed by atoms with van der Waals surface area (Å²) in [4.78, 5) is 34.4. The van der Waals surface area contributed by atoms with E-state index in [1.165, 1.54) is 18.2 Å². The highest BCUT2D eigenvalue weighted by Gasteiger charge is 2.33. The minimum absolute atomic E-state index is 0.121. The van der Waals surface area contributed by atoms with Crippen LogP contribution in [-0.4, -0.2) is 23.0 Å². The van der Waals surface area contributed by atoms with Gasteiger partial charge in [-0.1, -0.05) is 12.1 Å². The zero-order chi connectivity index (χ0) is 17.1. The Morgan fingerprint density at radius 2 is 2.09 bits per heavy atom. The van der Waals surface area contributed by atoms with Crippen LogP contribution in [0.5, 0.6) is 0 Å². The standard InChI is InChI=1S/C15H17N3O5/c1-8(2)23-14(19)12-9(3)16-15(20)17-13(12)10-5-4-6-11(7-10)18(21)22/h4-8,13H,1-3H3,(H2,16,17,20)/t13-/m1/s1. The van der Waals surface area contributed by atoms with Crippen LogP contribution in [0, 0.1) is 10.1 Å². The highest BCUT2D eigenvalue weighted by Crippen LogP contribution is 2.29. The molecule has 2 N–H and O–H groups in total. The summed E-state index contributed by atoms with van der Waals surface area (Å²) in [5, 5.41) is 16.0. The minimum atomic E-state index is -0.810. The molecule has 1 aliphatic rings. The van der Waals surface area contributed by atoms with E-state index in [1.807, 2.05) is 0 Å². The molecule has 0 aliphatic carbocycles. The summed E-state index contributed by atoms with van der Waals surface area (Å²) in [7, 11) is 0. The summed E-state index contributed by atoms with van der Waals surface area (Å²) in [5.41, 5.74) is 0.892. The molecule has 1 heterocycles. The van der Waals surface area contributed by atoms with Crippen LogP contribution in [0.15, 0.2) is 35.5 Å². The van der Waals surface area contributed by atoms with E-state index in [-0.39, 0.29) is 17.4 Å². The van der Waals surface area contributed by atoms with E-state index >= 15 is 0 Å². The average molecular weight is 319 g/mol. The molecule has 0 fully saturated rings. The number of hydrogen-bond acceptors (Lipinski definition) is 5. The van der Waals surface area contributed by atoms with E-state index in [4.69, 9.17) is 4.74 Å². The summed E-state index contributed by atoms with van der Waals surface area (Å²) in [6, 6.07) is 4.48. The van der Waals surface area contributed by atoms with Crippen LogP contribution < -0.4 is 10.6 Å². The topological polar surface area (TPSA) is 111 Å². The van der Waals surface area contributed by atoms with Crippen LogP contribution >= 0.6 is 0 Å². The predicted molar refractivity (Wildman–Crippen MR) is 81.4 cm³/mol. The van der Waals surface area contributed by atoms with Crippen molar-refractivity contribution in [1.82, 2.24) is 10.6 Å². The Kier molecular flexibility index (Phi) is 4.63. The van der Waals surface area contributed by atoms with Gasteiger partial charge in [0, 0.05) is 17.8 Å². The Morgan fingerprint density at radius 1 is 1.39 bits per heavy atom. The molecule has 0 spiro atoms. The fourth-order valence-corrected chi connectivity index (χ4v) is 2.31. The van der Waals surface area contributed by atoms with E-state index < -0.39 is 23.0 Å². The number of hydrogen-bond donors (Lipinski definition) is 2. The molecule has 2 amide bonds. The Balaban J connectivity index is 2.46. The van der Waals surface area contributed by atoms with Crippen molar-refractivity contribution >= 4 is 17.7 Å². The molecule has 1 aromatic carbocycles. The molecule has 23 heavy (non-hydrogen) atoms. The quantitative estimate of drug-likeness (QED) is 0.502. The molecule has 1 aromatic rings. The number of non-ortho nitro benzene ring substituents is 1. The van der Waals surface area contributed by atoms with E-state index in [2.05, 4.69) is 10.6 Å². The molecule has 0 saturated carbocycles. The summed E-state index contributed by atoms with van der Waals surface area (Å²) in [5.74, 6) is -0.582. The maximum absolute atomic E-state index is 12.3. The Labute approximate surface area is 132 Å². The third-order valence-corrected chi connectivity index (χ3v) is 3.25. The van der Waals surface area contributed by atoms with Crippen LogP contribution in [0.25, 0.3) is 0 Å². The van der Waals surface area contributed by atoms with Gasteiger partial charge in [0.05, 0.1) is 22.6 Å². The van der Waals surface area contributed by atoms with Crippen LogP contribution in [0.1, 0.15) is 32.4 Å². The van der Waals surface area contributed by atoms with Gasteiger partial charge in [0.25, 0.3) is 5.69 Å². The van der Waals surface area contributed by atoms with Gasteiger partial charge in [0.2, 0.25) is 0 Å². The highest BCUT2D eigenvalue weighted by molar-refractivity contribution is 5.95. The number of nitro benzene ring substituents is 1. The van der Waals surface area contributed by atoms with Crippen molar-refractivity contribution in [2.75, 3.05) is 0 Å². The Bertz CT molecular complexity index is 696. The average Bonchev–Trinajstić information content (AvgIpc) is 2.45. The predicted octanol–water partition coefficient (Wildman–Crippen LogP) is 2.17. The number of allylic oxidation sites excluding steroid dienone is 1. The number of amides is 2. The van der Waals surface area contributed by atoms with Crippen molar-refractivity contribution in [3.05, 3.63) is 51.2 Å². The van der Waals surface area contributed by atoms with E-state index in [0.29, 0.717) is 11.3 Å². The second kappa shape index (κ2) is 6.47. The van der Waals surface area contributed by atoms with Crippen LogP contribution in [-0.2, 0) is 9.53 Å². The molecular weight excluding hydrogens is 302 g/mol. The lowest BCUT2D eigenvalue weighted by Crippen LogP contribution is -2.45. The largest absolute Gasteiger partial charge is 0.459 e. The van der Waals surface area contributed by atoms with Crippen molar-refractivity contribution in [3.63, 3.8) is 0 Å². The number of urea groups is 1. The van der Waals surface area contributed by atoms with Crippen molar-refractivity contribution < 1.29 is 19.2 Å². The first kappa shape index (κ1) is 16.5. The van der Waals surface area contributed by atoms with Gasteiger partial charge in [0.15, 0.2) is 0 Å². The lowest BCUT2D eigenvalue weighted by molar-refractivity contribution is -0.384. The van der Waals surface area contributed by atoms with E-state index in [9.17, 15) is 19.7 Å². The first-order valence-electron chi connectivity index (χ1n) is 7.03. The monoisotopic (exact) mass is 319 g/mol. The normalized spacial score (nSPS) is 17.6. The minimum Gasteiger partial charge on any atom is -0.459 e. The SMILES string of the molecule is CC1=C(C(=O)OC(C)C)[C@@H](c2cccc([N+](=O)[O-])c2)NC(=O)N1. The Morgan fingerprint density at radius 3 is 2.70 bits per heavy atom. The van der Waals surface area contributed by atoms with Crippen molar-refractivity contribution in [3.8, 4) is 0 Å². The van der Waals surface area contributed by atoms with Crippen LogP contribution in [0.3, 0.4) is 0 Å². The molecule has 1 atom stereocenters. The smallest absolute Gasteiger partial charge is 0.338 e. The van der Waals surface area contributed by atoms with Gasteiger partial charge >= 0.3 is 12.0 Å². The molecule has 2 rings (SSSR count). The molecule has 0 aromatic heterocycles. The molecule has 0 radical (unpaired) electrons. The number of nitrogens with zero attached hydrogens (tertiary/aromatic N) is 1. The summed E-state index contributed by atoms with van der Waals surface area (Å²) >= 11 is 0. The fraction of sp³-hybridized carbons (Fsp3) is 0.333. The third-order valence-electron chi connectivity index (χ3n) is 3.25. The van der Waals surface area contributed by atoms with Gasteiger partial charge in [-0.3, -0.25) is 10.1 Å². The number of benzene rings is 1. The zero-order valence-electron chi connectivity index (χ0n) is 13.0. The molecule has 1 aliphatic heterocycles. The van der Waals surface area contributed by atoms with E-state index in [0.717, 1.165) is 0 Å². The van der Waals surface area contributed by atoms with Gasteiger partial charge in [-0.25, -0.2) is 9.59 Å². The summed E-state index contributed by atoms with van der Waals surface area (Å²) in [6.07, 6.45) is -0.328. The molecule has 122 valence electrons. The molecule has 0 unspecified atom stereocenters. The molecule has 8 heteroatoms. The first-order chi connectivity index (χ1) is 10.8. The number of esters is 1. The van der Waals surface area contributed by atoms with E-state index in [1.54, 1.807) is 26.8 Å². The van der Waals surface area contributed by atoms with Gasteiger partial charge in [-0.2, -0.15) is 0 Å². The fourth-order valence-electron chi connectivity index (χ4n) is 2.31. The van der Waals surface area contributed by atoms with Gasteiger partial charge < -0.3 is 15.4 Å². The first-order valence-corrected chi connectivity index (χ1v) is 7.03. The number of rotatable bonds is 4. The zero-order valence-corrected chi connectivity index (χ0v) is 13.0. The van der Waals surface area contributed by atoms with Crippen LogP contribution in [0.4, 0.5) is 10.5 Å². The molecule has 8 nitrogen and oxygen atoms in total. The van der Waals surface area contributed by atoms with Crippen LogP contribution in [0.2, 0.25) is 0 Å². The third kappa shape index (κ3) is 3.65. The summed E-state index contributed by atoms with van der Waals surface area (Å²) in [6.45, 7) is 5.01. The van der Waals surface area contributed by atoms with Gasteiger partial charge in [-0.05, 0) is 26.3 Å².